The van der Waals surface area contributed by atoms with Crippen molar-refractivity contribution in [1.29, 1.82) is 0 Å². The van der Waals surface area contributed by atoms with Crippen LogP contribution in [0.15, 0.2) is 66.3 Å². The van der Waals surface area contributed by atoms with E-state index in [4.69, 9.17) is 0 Å². The van der Waals surface area contributed by atoms with Crippen LogP contribution < -0.4 is 21.3 Å². The van der Waals surface area contributed by atoms with Crippen LogP contribution in [0.1, 0.15) is 70.6 Å². The Morgan fingerprint density at radius 2 is 1.80 bits per heavy atom. The average Bonchev–Trinajstić information content (AvgIpc) is 3.76. The van der Waals surface area contributed by atoms with Gasteiger partial charge in [-0.2, -0.15) is 0 Å². The molecule has 0 spiro atoms. The molecule has 1 aliphatic heterocycles. The Balaban J connectivity index is 1.35. The molecular formula is C31H35N9O4S. The summed E-state index contributed by atoms with van der Waals surface area (Å²) in [6.07, 6.45) is 3.26. The normalized spacial score (nSPS) is 19.8. The van der Waals surface area contributed by atoms with E-state index in [0.717, 1.165) is 5.56 Å². The molecule has 0 fully saturated rings. The van der Waals surface area contributed by atoms with Crippen LogP contribution in [0.4, 0.5) is 0 Å². The van der Waals surface area contributed by atoms with E-state index in [-0.39, 0.29) is 23.4 Å². The Bertz CT molecular complexity index is 1610. The minimum Gasteiger partial charge on any atom is -0.354 e. The maximum atomic E-state index is 13.6. The van der Waals surface area contributed by atoms with Crippen molar-refractivity contribution in [2.75, 3.05) is 6.54 Å². The topological polar surface area (TPSA) is 173 Å². The van der Waals surface area contributed by atoms with Crippen molar-refractivity contribution in [2.24, 2.45) is 5.92 Å². The zero-order valence-electron chi connectivity index (χ0n) is 25.0. The van der Waals surface area contributed by atoms with Gasteiger partial charge in [-0.3, -0.25) is 19.2 Å². The molecule has 4 amide bonds. The van der Waals surface area contributed by atoms with Crippen LogP contribution in [0.5, 0.6) is 0 Å². The van der Waals surface area contributed by atoms with Crippen molar-refractivity contribution in [1.82, 2.24) is 46.5 Å². The number of nitrogens with zero attached hydrogens (tertiary/aromatic N) is 5. The summed E-state index contributed by atoms with van der Waals surface area (Å²) in [6.45, 7) is 4.24. The van der Waals surface area contributed by atoms with Crippen LogP contribution in [0.3, 0.4) is 0 Å². The summed E-state index contributed by atoms with van der Waals surface area (Å²) in [5.74, 6) is -1.58. The van der Waals surface area contributed by atoms with E-state index in [2.05, 4.69) is 41.8 Å². The third kappa shape index (κ3) is 8.15. The molecule has 5 rings (SSSR count). The van der Waals surface area contributed by atoms with Crippen molar-refractivity contribution in [3.8, 4) is 5.69 Å². The van der Waals surface area contributed by atoms with Gasteiger partial charge in [-0.15, -0.1) is 16.4 Å². The number of thiazole rings is 1. The predicted molar refractivity (Wildman–Crippen MR) is 167 cm³/mol. The first kappa shape index (κ1) is 31.4. The van der Waals surface area contributed by atoms with Gasteiger partial charge in [-0.1, -0.05) is 44.2 Å². The number of amides is 4. The Kier molecular flexibility index (Phi) is 10.2. The summed E-state index contributed by atoms with van der Waals surface area (Å²) in [4.78, 5) is 57.8. The highest BCUT2D eigenvalue weighted by Gasteiger charge is 2.29. The molecule has 13 nitrogen and oxygen atoms in total. The number of aromatic nitrogens is 5. The van der Waals surface area contributed by atoms with Crippen LogP contribution in [0.2, 0.25) is 0 Å². The summed E-state index contributed by atoms with van der Waals surface area (Å²) in [5, 5.41) is 25.0. The van der Waals surface area contributed by atoms with E-state index in [1.54, 1.807) is 29.6 Å². The summed E-state index contributed by atoms with van der Waals surface area (Å²) >= 11 is 1.26. The number of fused-ring (bicyclic) bond motifs is 2. The molecule has 0 saturated carbocycles. The minimum absolute atomic E-state index is 0.0540. The van der Waals surface area contributed by atoms with Crippen molar-refractivity contribution >= 4 is 35.0 Å². The fourth-order valence-corrected chi connectivity index (χ4v) is 5.98. The standard InChI is InChI=1S/C31H35N9O4S/c1-19(2)26-31-36-25(17-45-31)30(44)35-24(16-20-8-4-3-5-9-20)28(42)32-15-7-6-10-23(29(43)37-26)34-27(41)21-11-13-22(14-12-21)40-18-33-38-39-40/h3-5,8-9,11-14,17-19,23-24,26H,6-7,10,15-16H2,1-2H3,(H,32,42)(H,34,41)(H,35,44)(H,37,43)/t23-,24+,26+/m0/s1. The lowest BCUT2D eigenvalue weighted by Gasteiger charge is -2.25. The van der Waals surface area contributed by atoms with E-state index in [1.165, 1.54) is 22.3 Å². The largest absolute Gasteiger partial charge is 0.354 e. The van der Waals surface area contributed by atoms with Crippen LogP contribution in [-0.2, 0) is 16.0 Å². The molecule has 2 bridgehead atoms. The second-order valence-corrected chi connectivity index (χ2v) is 12.0. The van der Waals surface area contributed by atoms with Crippen LogP contribution in [0.25, 0.3) is 5.69 Å². The highest BCUT2D eigenvalue weighted by molar-refractivity contribution is 7.09. The zero-order chi connectivity index (χ0) is 31.8. The zero-order valence-corrected chi connectivity index (χ0v) is 25.8. The summed E-state index contributed by atoms with van der Waals surface area (Å²) in [5.41, 5.74) is 2.14. The number of carbonyl (C=O) groups is 4. The summed E-state index contributed by atoms with van der Waals surface area (Å²) in [6, 6.07) is 14.1. The van der Waals surface area contributed by atoms with Gasteiger partial charge in [0.15, 0.2) is 0 Å². The molecule has 0 aliphatic carbocycles. The Morgan fingerprint density at radius 1 is 1.02 bits per heavy atom. The van der Waals surface area contributed by atoms with Crippen molar-refractivity contribution in [3.63, 3.8) is 0 Å². The first-order valence-corrected chi connectivity index (χ1v) is 15.7. The van der Waals surface area contributed by atoms with Crippen molar-refractivity contribution in [2.45, 2.75) is 57.7 Å². The van der Waals surface area contributed by atoms with Crippen LogP contribution in [-0.4, -0.2) is 67.4 Å². The highest BCUT2D eigenvalue weighted by atomic mass is 32.1. The molecule has 1 aliphatic rings. The van der Waals surface area contributed by atoms with Gasteiger partial charge in [0.25, 0.3) is 11.8 Å². The van der Waals surface area contributed by atoms with Crippen molar-refractivity contribution in [3.05, 3.63) is 88.1 Å². The van der Waals surface area contributed by atoms with E-state index < -0.39 is 29.9 Å². The highest BCUT2D eigenvalue weighted by Crippen LogP contribution is 2.26. The molecule has 3 heterocycles. The minimum atomic E-state index is -0.838. The lowest BCUT2D eigenvalue weighted by Crippen LogP contribution is -2.49. The predicted octanol–water partition coefficient (Wildman–Crippen LogP) is 2.37. The van der Waals surface area contributed by atoms with Crippen LogP contribution in [0, 0.1) is 5.92 Å². The third-order valence-corrected chi connectivity index (χ3v) is 8.40. The molecule has 0 saturated heterocycles. The molecular weight excluding hydrogens is 594 g/mol. The number of hydrogen-bond donors (Lipinski definition) is 4. The van der Waals surface area contributed by atoms with E-state index in [9.17, 15) is 19.2 Å². The molecule has 3 atom stereocenters. The van der Waals surface area contributed by atoms with Gasteiger partial charge in [-0.25, -0.2) is 9.67 Å². The number of rotatable bonds is 6. The van der Waals surface area contributed by atoms with E-state index in [0.29, 0.717) is 48.5 Å². The van der Waals surface area contributed by atoms with Gasteiger partial charge in [0.1, 0.15) is 29.1 Å². The molecule has 234 valence electrons. The average molecular weight is 630 g/mol. The lowest BCUT2D eigenvalue weighted by atomic mass is 10.0. The number of nitrogens with one attached hydrogen (secondary N) is 4. The molecule has 14 heteroatoms. The van der Waals surface area contributed by atoms with Crippen LogP contribution >= 0.6 is 11.3 Å². The fourth-order valence-electron chi connectivity index (χ4n) is 4.96. The summed E-state index contributed by atoms with van der Waals surface area (Å²) in [7, 11) is 0. The van der Waals surface area contributed by atoms with E-state index >= 15 is 0 Å². The maximum absolute atomic E-state index is 13.6. The molecule has 0 radical (unpaired) electrons. The SMILES string of the molecule is CC(C)[C@H]1NC(=O)[C@@H](NC(=O)c2ccc(-n3cnnn3)cc2)CCCCNC(=O)[C@@H](Cc2ccccc2)NC(=O)c2csc1n2. The van der Waals surface area contributed by atoms with Gasteiger partial charge in [-0.05, 0) is 65.4 Å². The lowest BCUT2D eigenvalue weighted by molar-refractivity contribution is -0.124. The van der Waals surface area contributed by atoms with Gasteiger partial charge < -0.3 is 21.3 Å². The first-order valence-electron chi connectivity index (χ1n) is 14.8. The van der Waals surface area contributed by atoms with Gasteiger partial charge >= 0.3 is 0 Å². The third-order valence-electron chi connectivity index (χ3n) is 7.47. The fraction of sp³-hybridized carbons (Fsp3) is 0.355. The maximum Gasteiger partial charge on any atom is 0.271 e. The quantitative estimate of drug-likeness (QED) is 0.252. The van der Waals surface area contributed by atoms with Gasteiger partial charge in [0.2, 0.25) is 11.8 Å². The summed E-state index contributed by atoms with van der Waals surface area (Å²) < 4.78 is 1.47. The molecule has 4 N–H and O–H groups in total. The molecule has 0 unspecified atom stereocenters. The first-order chi connectivity index (χ1) is 21.8. The molecule has 45 heavy (non-hydrogen) atoms. The molecule has 2 aromatic carbocycles. The second-order valence-electron chi connectivity index (χ2n) is 11.1. The van der Waals surface area contributed by atoms with Crippen molar-refractivity contribution < 1.29 is 19.2 Å². The number of tetrazole rings is 1. The monoisotopic (exact) mass is 629 g/mol. The van der Waals surface area contributed by atoms with Gasteiger partial charge in [0.05, 0.1) is 11.7 Å². The number of benzene rings is 2. The number of carbonyl (C=O) groups excluding carboxylic acids is 4. The Hall–Kier alpha value is -4.98. The smallest absolute Gasteiger partial charge is 0.271 e. The Labute approximate surface area is 264 Å². The number of hydrogen-bond acceptors (Lipinski definition) is 9. The van der Waals surface area contributed by atoms with E-state index in [1.807, 2.05) is 44.2 Å². The Morgan fingerprint density at radius 3 is 2.51 bits per heavy atom. The molecule has 4 aromatic rings. The van der Waals surface area contributed by atoms with Gasteiger partial charge in [0, 0.05) is 23.9 Å². The second kappa shape index (κ2) is 14.7. The molecule has 2 aromatic heterocycles.